The average Bonchev–Trinajstić information content (AvgIpc) is 2.64. The average molecular weight is 356 g/mol. The van der Waals surface area contributed by atoms with Gasteiger partial charge in [0.25, 0.3) is 5.56 Å². The number of anilines is 2. The molecule has 0 bridgehead atoms. The van der Waals surface area contributed by atoms with Gasteiger partial charge in [0.1, 0.15) is 0 Å². The Hall–Kier alpha value is -2.71. The van der Waals surface area contributed by atoms with Gasteiger partial charge in [-0.15, -0.1) is 0 Å². The van der Waals surface area contributed by atoms with E-state index in [1.807, 2.05) is 31.2 Å². The molecule has 8 nitrogen and oxygen atoms in total. The second-order valence-corrected chi connectivity index (χ2v) is 6.32. The van der Waals surface area contributed by atoms with Gasteiger partial charge >= 0.3 is 6.03 Å². The largest absolute Gasteiger partial charge is 0.332 e. The monoisotopic (exact) mass is 356 g/mol. The molecular formula is C18H24N6O2. The van der Waals surface area contributed by atoms with E-state index in [2.05, 4.69) is 30.8 Å². The first-order valence-electron chi connectivity index (χ1n) is 8.77. The van der Waals surface area contributed by atoms with E-state index in [-0.39, 0.29) is 11.5 Å². The summed E-state index contributed by atoms with van der Waals surface area (Å²) in [5.41, 5.74) is 1.96. The molecule has 1 aliphatic rings. The topological polar surface area (TPSA) is 102 Å². The van der Waals surface area contributed by atoms with Gasteiger partial charge in [0, 0.05) is 50.2 Å². The van der Waals surface area contributed by atoms with E-state index in [9.17, 15) is 9.59 Å². The number of aromatic amines is 1. The first-order valence-corrected chi connectivity index (χ1v) is 8.77. The molecular weight excluding hydrogens is 332 g/mol. The van der Waals surface area contributed by atoms with Crippen molar-refractivity contribution in [2.45, 2.75) is 13.3 Å². The molecule has 1 aliphatic heterocycles. The highest BCUT2D eigenvalue weighted by Gasteiger charge is 2.12. The summed E-state index contributed by atoms with van der Waals surface area (Å²) in [5, 5.41) is 8.59. The first-order chi connectivity index (χ1) is 12.6. The number of hydrogen-bond acceptors (Lipinski definition) is 5. The van der Waals surface area contributed by atoms with Crippen molar-refractivity contribution in [1.82, 2.24) is 20.2 Å². The van der Waals surface area contributed by atoms with E-state index in [4.69, 9.17) is 0 Å². The molecule has 0 saturated carbocycles. The van der Waals surface area contributed by atoms with E-state index in [0.29, 0.717) is 17.7 Å². The van der Waals surface area contributed by atoms with Gasteiger partial charge in [-0.2, -0.15) is 4.98 Å². The van der Waals surface area contributed by atoms with Crippen molar-refractivity contribution >= 4 is 17.7 Å². The Bertz CT molecular complexity index is 813. The van der Waals surface area contributed by atoms with Gasteiger partial charge in [0.15, 0.2) is 0 Å². The highest BCUT2D eigenvalue weighted by molar-refractivity contribution is 5.99. The lowest BCUT2D eigenvalue weighted by Crippen LogP contribution is -2.44. The van der Waals surface area contributed by atoms with Crippen molar-refractivity contribution in [2.75, 3.05) is 43.4 Å². The van der Waals surface area contributed by atoms with Gasteiger partial charge in [-0.05, 0) is 25.0 Å². The molecule has 2 aromatic rings. The van der Waals surface area contributed by atoms with Crippen LogP contribution >= 0.6 is 0 Å². The number of rotatable bonds is 5. The van der Waals surface area contributed by atoms with Crippen LogP contribution in [0.15, 0.2) is 35.3 Å². The van der Waals surface area contributed by atoms with Crippen molar-refractivity contribution in [1.29, 1.82) is 0 Å². The Labute approximate surface area is 152 Å². The summed E-state index contributed by atoms with van der Waals surface area (Å²) in [5.74, 6) is 0.131. The van der Waals surface area contributed by atoms with Crippen LogP contribution in [0.1, 0.15) is 11.1 Å². The first kappa shape index (κ1) is 18.1. The zero-order valence-corrected chi connectivity index (χ0v) is 14.8. The molecule has 1 aromatic heterocycles. The Kier molecular flexibility index (Phi) is 5.98. The summed E-state index contributed by atoms with van der Waals surface area (Å²) in [6.45, 7) is 6.67. The van der Waals surface area contributed by atoms with Gasteiger partial charge < -0.3 is 20.5 Å². The zero-order chi connectivity index (χ0) is 18.4. The van der Waals surface area contributed by atoms with Crippen LogP contribution in [0.25, 0.3) is 0 Å². The van der Waals surface area contributed by atoms with E-state index in [1.165, 1.54) is 0 Å². The molecule has 0 unspecified atom stereocenters. The predicted octanol–water partition coefficient (Wildman–Crippen LogP) is 1.17. The van der Waals surface area contributed by atoms with Crippen LogP contribution in [0.3, 0.4) is 0 Å². The highest BCUT2D eigenvalue weighted by Crippen LogP contribution is 2.13. The Morgan fingerprint density at radius 2 is 2.00 bits per heavy atom. The minimum absolute atomic E-state index is 0.131. The van der Waals surface area contributed by atoms with Gasteiger partial charge in [-0.25, -0.2) is 4.79 Å². The van der Waals surface area contributed by atoms with E-state index in [0.717, 1.165) is 38.3 Å². The predicted molar refractivity (Wildman–Crippen MR) is 102 cm³/mol. The van der Waals surface area contributed by atoms with Crippen LogP contribution < -0.4 is 21.5 Å². The third-order valence-corrected chi connectivity index (χ3v) is 4.40. The summed E-state index contributed by atoms with van der Waals surface area (Å²) in [6, 6.07) is 7.01. The van der Waals surface area contributed by atoms with Gasteiger partial charge in [0.05, 0.1) is 0 Å². The van der Waals surface area contributed by atoms with E-state index < -0.39 is 6.03 Å². The molecule has 0 radical (unpaired) electrons. The van der Waals surface area contributed by atoms with Crippen LogP contribution in [0.4, 0.5) is 16.4 Å². The second kappa shape index (κ2) is 8.59. The highest BCUT2D eigenvalue weighted by atomic mass is 16.2. The summed E-state index contributed by atoms with van der Waals surface area (Å²) in [7, 11) is 0. The number of H-pyrrole nitrogens is 1. The number of carbonyl (C=O) groups is 1. The third kappa shape index (κ3) is 4.90. The smallest absolute Gasteiger partial charge is 0.326 e. The second-order valence-electron chi connectivity index (χ2n) is 6.32. The maximum absolute atomic E-state index is 12.2. The lowest BCUT2D eigenvalue weighted by Gasteiger charge is -2.26. The van der Waals surface area contributed by atoms with Crippen LogP contribution in [-0.4, -0.2) is 53.6 Å². The van der Waals surface area contributed by atoms with Crippen LogP contribution in [0, 0.1) is 6.92 Å². The molecule has 1 fully saturated rings. The molecule has 8 heteroatoms. The van der Waals surface area contributed by atoms with Crippen molar-refractivity contribution in [3.63, 3.8) is 0 Å². The van der Waals surface area contributed by atoms with Crippen molar-refractivity contribution in [3.8, 4) is 0 Å². The molecule has 2 heterocycles. The molecule has 2 amide bonds. The van der Waals surface area contributed by atoms with E-state index in [1.54, 1.807) is 6.20 Å². The molecule has 0 atom stereocenters. The Balaban J connectivity index is 1.56. The molecule has 1 aromatic carbocycles. The SMILES string of the molecule is Cc1ccccc1NC(=O)Nc1nc(=O)c(CCN2CCNCC2)c[nH]1. The fraction of sp³-hybridized carbons (Fsp3) is 0.389. The maximum Gasteiger partial charge on any atom is 0.326 e. The zero-order valence-electron chi connectivity index (χ0n) is 14.8. The molecule has 0 aliphatic carbocycles. The summed E-state index contributed by atoms with van der Waals surface area (Å²) in [4.78, 5) is 33.4. The number of urea groups is 1. The van der Waals surface area contributed by atoms with Crippen molar-refractivity contribution < 1.29 is 4.79 Å². The molecule has 0 spiro atoms. The molecule has 1 saturated heterocycles. The Morgan fingerprint density at radius 1 is 1.23 bits per heavy atom. The van der Waals surface area contributed by atoms with E-state index >= 15 is 0 Å². The normalized spacial score (nSPS) is 14.8. The summed E-state index contributed by atoms with van der Waals surface area (Å²) in [6.07, 6.45) is 2.26. The number of aromatic nitrogens is 2. The lowest BCUT2D eigenvalue weighted by molar-refractivity contribution is 0.243. The summed E-state index contributed by atoms with van der Waals surface area (Å²) < 4.78 is 0. The maximum atomic E-state index is 12.2. The molecule has 3 rings (SSSR count). The van der Waals surface area contributed by atoms with Crippen LogP contribution in [0.5, 0.6) is 0 Å². The Morgan fingerprint density at radius 3 is 2.73 bits per heavy atom. The minimum Gasteiger partial charge on any atom is -0.332 e. The molecule has 138 valence electrons. The minimum atomic E-state index is -0.448. The van der Waals surface area contributed by atoms with Crippen molar-refractivity contribution in [3.05, 3.63) is 51.9 Å². The number of carbonyl (C=O) groups excluding carboxylic acids is 1. The number of nitrogens with zero attached hydrogens (tertiary/aromatic N) is 2. The number of nitrogens with one attached hydrogen (secondary N) is 4. The van der Waals surface area contributed by atoms with Crippen LogP contribution in [0.2, 0.25) is 0 Å². The fourth-order valence-corrected chi connectivity index (χ4v) is 2.85. The van der Waals surface area contributed by atoms with Gasteiger partial charge in [0.2, 0.25) is 5.95 Å². The fourth-order valence-electron chi connectivity index (χ4n) is 2.85. The number of aryl methyl sites for hydroxylation is 1. The summed E-state index contributed by atoms with van der Waals surface area (Å²) >= 11 is 0. The quantitative estimate of drug-likeness (QED) is 0.644. The lowest BCUT2D eigenvalue weighted by atomic mass is 10.2. The number of hydrogen-bond donors (Lipinski definition) is 4. The molecule has 26 heavy (non-hydrogen) atoms. The van der Waals surface area contributed by atoms with Crippen LogP contribution in [-0.2, 0) is 6.42 Å². The number of para-hydroxylation sites is 1. The third-order valence-electron chi connectivity index (χ3n) is 4.40. The van der Waals surface area contributed by atoms with Gasteiger partial charge in [-0.1, -0.05) is 18.2 Å². The standard InChI is InChI=1S/C18H24N6O2/c1-13-4-2-3-5-15(13)21-18(26)23-17-20-12-14(16(25)22-17)6-9-24-10-7-19-8-11-24/h2-5,12,19H,6-11H2,1H3,(H3,20,21,22,23,25,26). The number of benzene rings is 1. The number of piperazine rings is 1. The van der Waals surface area contributed by atoms with Gasteiger partial charge in [-0.3, -0.25) is 10.1 Å². The molecule has 4 N–H and O–H groups in total. The van der Waals surface area contributed by atoms with Crippen molar-refractivity contribution in [2.24, 2.45) is 0 Å². The number of amides is 2.